The number of ether oxygens (including phenoxy) is 1. The topological polar surface area (TPSA) is 81.4 Å². The SMILES string of the molecule is CCOC(=O)CNC(=O)c1ccc(N)cc1F. The number of nitrogens with one attached hydrogen (secondary N) is 1. The molecule has 0 atom stereocenters. The van der Waals surface area contributed by atoms with E-state index in [1.165, 1.54) is 12.1 Å². The fourth-order valence-corrected chi connectivity index (χ4v) is 1.18. The first-order valence-electron chi connectivity index (χ1n) is 5.03. The van der Waals surface area contributed by atoms with Crippen molar-refractivity contribution in [3.05, 3.63) is 29.6 Å². The molecule has 0 saturated heterocycles. The van der Waals surface area contributed by atoms with Crippen molar-refractivity contribution >= 4 is 17.6 Å². The Kier molecular flexibility index (Phi) is 4.45. The van der Waals surface area contributed by atoms with Crippen LogP contribution in [0.2, 0.25) is 0 Å². The maximum Gasteiger partial charge on any atom is 0.325 e. The first-order chi connectivity index (χ1) is 8.04. The summed E-state index contributed by atoms with van der Waals surface area (Å²) in [4.78, 5) is 22.5. The van der Waals surface area contributed by atoms with Gasteiger partial charge in [0.05, 0.1) is 12.2 Å². The number of benzene rings is 1. The molecule has 0 aliphatic heterocycles. The third-order valence-corrected chi connectivity index (χ3v) is 1.94. The van der Waals surface area contributed by atoms with Gasteiger partial charge in [-0.2, -0.15) is 0 Å². The quantitative estimate of drug-likeness (QED) is 0.599. The molecule has 1 amide bonds. The van der Waals surface area contributed by atoms with Crippen LogP contribution in [0.25, 0.3) is 0 Å². The Hall–Kier alpha value is -2.11. The summed E-state index contributed by atoms with van der Waals surface area (Å²) in [7, 11) is 0. The van der Waals surface area contributed by atoms with E-state index in [9.17, 15) is 14.0 Å². The van der Waals surface area contributed by atoms with Gasteiger partial charge < -0.3 is 15.8 Å². The van der Waals surface area contributed by atoms with Crippen molar-refractivity contribution < 1.29 is 18.7 Å². The lowest BCUT2D eigenvalue weighted by Crippen LogP contribution is -2.31. The molecule has 0 fully saturated rings. The number of hydrogen-bond donors (Lipinski definition) is 2. The summed E-state index contributed by atoms with van der Waals surface area (Å²) in [6.45, 7) is 1.58. The molecule has 0 spiro atoms. The van der Waals surface area contributed by atoms with E-state index in [-0.39, 0.29) is 24.4 Å². The van der Waals surface area contributed by atoms with Gasteiger partial charge in [0, 0.05) is 5.69 Å². The van der Waals surface area contributed by atoms with Gasteiger partial charge in [-0.3, -0.25) is 9.59 Å². The number of nitrogens with two attached hydrogens (primary N) is 1. The van der Waals surface area contributed by atoms with Gasteiger partial charge in [0.25, 0.3) is 5.91 Å². The first kappa shape index (κ1) is 13.0. The second-order valence-corrected chi connectivity index (χ2v) is 3.23. The van der Waals surface area contributed by atoms with Crippen molar-refractivity contribution in [1.82, 2.24) is 5.32 Å². The molecule has 0 aromatic heterocycles. The molecule has 0 bridgehead atoms. The molecule has 0 aliphatic carbocycles. The monoisotopic (exact) mass is 240 g/mol. The van der Waals surface area contributed by atoms with Gasteiger partial charge in [-0.15, -0.1) is 0 Å². The van der Waals surface area contributed by atoms with Crippen molar-refractivity contribution in [2.24, 2.45) is 0 Å². The molecule has 92 valence electrons. The number of amides is 1. The van der Waals surface area contributed by atoms with Crippen molar-refractivity contribution in [2.75, 3.05) is 18.9 Å². The predicted octanol–water partition coefficient (Wildman–Crippen LogP) is 0.701. The zero-order chi connectivity index (χ0) is 12.8. The average Bonchev–Trinajstić information content (AvgIpc) is 2.26. The molecule has 1 aromatic rings. The minimum atomic E-state index is -0.730. The molecule has 0 radical (unpaired) electrons. The number of anilines is 1. The smallest absolute Gasteiger partial charge is 0.325 e. The van der Waals surface area contributed by atoms with Crippen LogP contribution in [0.1, 0.15) is 17.3 Å². The highest BCUT2D eigenvalue weighted by Gasteiger charge is 2.12. The van der Waals surface area contributed by atoms with Gasteiger partial charge in [0.1, 0.15) is 12.4 Å². The van der Waals surface area contributed by atoms with Gasteiger partial charge in [-0.05, 0) is 25.1 Å². The number of hydrogen-bond acceptors (Lipinski definition) is 4. The number of halogens is 1. The van der Waals surface area contributed by atoms with Crippen molar-refractivity contribution in [2.45, 2.75) is 6.92 Å². The molecule has 1 rings (SSSR count). The molecule has 3 N–H and O–H groups in total. The minimum absolute atomic E-state index is 0.163. The van der Waals surface area contributed by atoms with Crippen molar-refractivity contribution in [3.63, 3.8) is 0 Å². The Morgan fingerprint density at radius 1 is 1.47 bits per heavy atom. The number of rotatable bonds is 4. The van der Waals surface area contributed by atoms with Crippen LogP contribution in [-0.4, -0.2) is 25.0 Å². The second kappa shape index (κ2) is 5.83. The van der Waals surface area contributed by atoms with E-state index in [2.05, 4.69) is 10.1 Å². The number of esters is 1. The summed E-state index contributed by atoms with van der Waals surface area (Å²) in [5.74, 6) is -1.99. The van der Waals surface area contributed by atoms with Crippen LogP contribution in [0.5, 0.6) is 0 Å². The molecule has 0 unspecified atom stereocenters. The highest BCUT2D eigenvalue weighted by atomic mass is 19.1. The molecular weight excluding hydrogens is 227 g/mol. The standard InChI is InChI=1S/C11H13FN2O3/c1-2-17-10(15)6-14-11(16)8-4-3-7(13)5-9(8)12/h3-5H,2,6,13H2,1H3,(H,14,16). The lowest BCUT2D eigenvalue weighted by molar-refractivity contribution is -0.141. The molecule has 17 heavy (non-hydrogen) atoms. The van der Waals surface area contributed by atoms with Gasteiger partial charge in [-0.1, -0.05) is 0 Å². The highest BCUT2D eigenvalue weighted by Crippen LogP contribution is 2.11. The summed E-state index contributed by atoms with van der Waals surface area (Å²) in [5, 5.41) is 2.25. The molecular formula is C11H13FN2O3. The van der Waals surface area contributed by atoms with Crippen LogP contribution in [0.15, 0.2) is 18.2 Å². The van der Waals surface area contributed by atoms with Crippen LogP contribution in [0.3, 0.4) is 0 Å². The summed E-state index contributed by atoms with van der Waals surface area (Å²) >= 11 is 0. The van der Waals surface area contributed by atoms with Crippen LogP contribution in [0.4, 0.5) is 10.1 Å². The van der Waals surface area contributed by atoms with Crippen molar-refractivity contribution in [1.29, 1.82) is 0 Å². The molecule has 6 heteroatoms. The van der Waals surface area contributed by atoms with E-state index in [0.717, 1.165) is 6.07 Å². The second-order valence-electron chi connectivity index (χ2n) is 3.23. The zero-order valence-electron chi connectivity index (χ0n) is 9.33. The fourth-order valence-electron chi connectivity index (χ4n) is 1.18. The summed E-state index contributed by atoms with van der Waals surface area (Å²) < 4.78 is 17.9. The maximum atomic E-state index is 13.3. The molecule has 1 aromatic carbocycles. The Bertz CT molecular complexity index is 435. The van der Waals surface area contributed by atoms with Crippen LogP contribution in [-0.2, 0) is 9.53 Å². The van der Waals surface area contributed by atoms with Gasteiger partial charge >= 0.3 is 5.97 Å². The number of carbonyl (C=O) groups is 2. The summed E-state index contributed by atoms with van der Waals surface area (Å²) in [6.07, 6.45) is 0. The van der Waals surface area contributed by atoms with E-state index in [0.29, 0.717) is 0 Å². The Morgan fingerprint density at radius 3 is 2.76 bits per heavy atom. The van der Waals surface area contributed by atoms with Gasteiger partial charge in [-0.25, -0.2) is 4.39 Å². The summed E-state index contributed by atoms with van der Waals surface area (Å²) in [6, 6.07) is 3.70. The Labute approximate surface area is 97.7 Å². The van der Waals surface area contributed by atoms with Crippen LogP contribution >= 0.6 is 0 Å². The predicted molar refractivity (Wildman–Crippen MR) is 59.8 cm³/mol. The van der Waals surface area contributed by atoms with E-state index in [1.54, 1.807) is 6.92 Å². The molecule has 0 aliphatic rings. The molecule has 0 heterocycles. The fraction of sp³-hybridized carbons (Fsp3) is 0.273. The minimum Gasteiger partial charge on any atom is -0.465 e. The van der Waals surface area contributed by atoms with E-state index >= 15 is 0 Å². The Morgan fingerprint density at radius 2 is 2.18 bits per heavy atom. The third kappa shape index (κ3) is 3.75. The van der Waals surface area contributed by atoms with Crippen molar-refractivity contribution in [3.8, 4) is 0 Å². The van der Waals surface area contributed by atoms with E-state index in [1.807, 2.05) is 0 Å². The average molecular weight is 240 g/mol. The van der Waals surface area contributed by atoms with Gasteiger partial charge in [0.15, 0.2) is 0 Å². The van der Waals surface area contributed by atoms with Crippen LogP contribution < -0.4 is 11.1 Å². The third-order valence-electron chi connectivity index (χ3n) is 1.94. The number of carbonyl (C=O) groups excluding carboxylic acids is 2. The van der Waals surface area contributed by atoms with E-state index < -0.39 is 17.7 Å². The Balaban J connectivity index is 2.61. The molecule has 0 saturated carbocycles. The summed E-state index contributed by atoms with van der Waals surface area (Å²) in [5.41, 5.74) is 5.41. The number of nitrogen functional groups attached to an aromatic ring is 1. The molecule has 5 nitrogen and oxygen atoms in total. The first-order valence-corrected chi connectivity index (χ1v) is 5.03. The normalized spacial score (nSPS) is 9.76. The highest BCUT2D eigenvalue weighted by molar-refractivity contribution is 5.96. The largest absolute Gasteiger partial charge is 0.465 e. The van der Waals surface area contributed by atoms with E-state index in [4.69, 9.17) is 5.73 Å². The maximum absolute atomic E-state index is 13.3. The lowest BCUT2D eigenvalue weighted by Gasteiger charge is -2.06. The lowest BCUT2D eigenvalue weighted by atomic mass is 10.2. The zero-order valence-corrected chi connectivity index (χ0v) is 9.33. The van der Waals surface area contributed by atoms with Gasteiger partial charge in [0.2, 0.25) is 0 Å². The van der Waals surface area contributed by atoms with Crippen LogP contribution in [0, 0.1) is 5.82 Å².